The fourth-order valence-electron chi connectivity index (χ4n) is 4.22. The monoisotopic (exact) mass is 364 g/mol. The molecule has 0 N–H and O–H groups in total. The Labute approximate surface area is 168 Å². The molecule has 4 aromatic rings. The highest BCUT2D eigenvalue weighted by Crippen LogP contribution is 2.43. The summed E-state index contributed by atoms with van der Waals surface area (Å²) in [7, 11) is 0. The molecule has 0 spiro atoms. The standard InChI is InChI=1S/C28H28/c1-19-24-17-16-23(28(3,4)5)18-25(24)20(2)27(22-14-10-7-11-15-22)26(19)21-12-8-6-9-13-21/h6-18H,1-5H3. The van der Waals surface area contributed by atoms with Crippen LogP contribution in [-0.2, 0) is 5.41 Å². The second kappa shape index (κ2) is 6.95. The van der Waals surface area contributed by atoms with E-state index in [0.29, 0.717) is 0 Å². The van der Waals surface area contributed by atoms with Crippen molar-refractivity contribution in [3.05, 3.63) is 95.6 Å². The van der Waals surface area contributed by atoms with E-state index in [4.69, 9.17) is 0 Å². The lowest BCUT2D eigenvalue weighted by Gasteiger charge is -2.24. The number of rotatable bonds is 2. The van der Waals surface area contributed by atoms with Gasteiger partial charge >= 0.3 is 0 Å². The van der Waals surface area contributed by atoms with Gasteiger partial charge in [0.1, 0.15) is 0 Å². The molecule has 0 amide bonds. The zero-order valence-electron chi connectivity index (χ0n) is 17.5. The molecule has 0 bridgehead atoms. The van der Waals surface area contributed by atoms with E-state index in [1.807, 2.05) is 0 Å². The highest BCUT2D eigenvalue weighted by molar-refractivity contribution is 6.03. The average Bonchev–Trinajstić information content (AvgIpc) is 2.70. The normalized spacial score (nSPS) is 11.8. The minimum atomic E-state index is 0.138. The third kappa shape index (κ3) is 3.14. The summed E-state index contributed by atoms with van der Waals surface area (Å²) in [5.74, 6) is 0. The molecule has 0 fully saturated rings. The molecule has 0 radical (unpaired) electrons. The molecule has 0 aliphatic rings. The van der Waals surface area contributed by atoms with Crippen LogP contribution in [0.5, 0.6) is 0 Å². The molecule has 0 nitrogen and oxygen atoms in total. The molecule has 0 saturated carbocycles. The van der Waals surface area contributed by atoms with E-state index in [9.17, 15) is 0 Å². The first kappa shape index (κ1) is 18.5. The van der Waals surface area contributed by atoms with Crippen LogP contribution in [0.25, 0.3) is 33.0 Å². The fourth-order valence-corrected chi connectivity index (χ4v) is 4.22. The van der Waals surface area contributed by atoms with Crippen LogP contribution < -0.4 is 0 Å². The Kier molecular flexibility index (Phi) is 4.59. The number of aryl methyl sites for hydroxylation is 2. The van der Waals surface area contributed by atoms with Gasteiger partial charge in [-0.1, -0.05) is 99.6 Å². The second-order valence-electron chi connectivity index (χ2n) is 8.74. The van der Waals surface area contributed by atoms with E-state index in [2.05, 4.69) is 113 Å². The Morgan fingerprint density at radius 1 is 0.536 bits per heavy atom. The maximum Gasteiger partial charge on any atom is -0.00670 e. The predicted octanol–water partition coefficient (Wildman–Crippen LogP) is 8.09. The molecule has 28 heavy (non-hydrogen) atoms. The fraction of sp³-hybridized carbons (Fsp3) is 0.214. The molecule has 0 heteroatoms. The summed E-state index contributed by atoms with van der Waals surface area (Å²) in [6, 6.07) is 28.6. The molecular weight excluding hydrogens is 336 g/mol. The second-order valence-corrected chi connectivity index (χ2v) is 8.74. The SMILES string of the molecule is Cc1c(-c2ccccc2)c(-c2ccccc2)c(C)c2cc(C(C)(C)C)ccc12. The summed E-state index contributed by atoms with van der Waals surface area (Å²) in [6.45, 7) is 11.4. The van der Waals surface area contributed by atoms with E-state index in [0.717, 1.165) is 0 Å². The Hall–Kier alpha value is -2.86. The molecule has 0 aromatic heterocycles. The largest absolute Gasteiger partial charge is 0.0622 e. The summed E-state index contributed by atoms with van der Waals surface area (Å²) in [4.78, 5) is 0. The van der Waals surface area contributed by atoms with Crippen molar-refractivity contribution in [3.63, 3.8) is 0 Å². The van der Waals surface area contributed by atoms with E-state index >= 15 is 0 Å². The topological polar surface area (TPSA) is 0 Å². The lowest BCUT2D eigenvalue weighted by Crippen LogP contribution is -2.11. The minimum absolute atomic E-state index is 0.138. The van der Waals surface area contributed by atoms with Crippen LogP contribution in [-0.4, -0.2) is 0 Å². The van der Waals surface area contributed by atoms with Crippen LogP contribution in [0.15, 0.2) is 78.9 Å². The zero-order valence-corrected chi connectivity index (χ0v) is 17.5. The van der Waals surface area contributed by atoms with Crippen LogP contribution in [0.1, 0.15) is 37.5 Å². The molecule has 4 aromatic carbocycles. The molecule has 0 atom stereocenters. The van der Waals surface area contributed by atoms with Gasteiger partial charge in [-0.2, -0.15) is 0 Å². The van der Waals surface area contributed by atoms with Crippen molar-refractivity contribution in [2.45, 2.75) is 40.0 Å². The van der Waals surface area contributed by atoms with Crippen molar-refractivity contribution < 1.29 is 0 Å². The molecule has 0 aliphatic heterocycles. The Balaban J connectivity index is 2.14. The van der Waals surface area contributed by atoms with Gasteiger partial charge in [0.05, 0.1) is 0 Å². The molecule has 140 valence electrons. The lowest BCUT2D eigenvalue weighted by atomic mass is 9.80. The van der Waals surface area contributed by atoms with Gasteiger partial charge in [0.25, 0.3) is 0 Å². The zero-order chi connectivity index (χ0) is 19.9. The predicted molar refractivity (Wildman–Crippen MR) is 123 cm³/mol. The van der Waals surface area contributed by atoms with Gasteiger partial charge in [0, 0.05) is 0 Å². The highest BCUT2D eigenvalue weighted by Gasteiger charge is 2.20. The van der Waals surface area contributed by atoms with Crippen molar-refractivity contribution in [1.29, 1.82) is 0 Å². The smallest absolute Gasteiger partial charge is 0.00670 e. The number of hydrogen-bond donors (Lipinski definition) is 0. The first-order valence-corrected chi connectivity index (χ1v) is 10.1. The van der Waals surface area contributed by atoms with Crippen molar-refractivity contribution in [1.82, 2.24) is 0 Å². The first-order chi connectivity index (χ1) is 13.4. The van der Waals surface area contributed by atoms with Crippen LogP contribution in [0.2, 0.25) is 0 Å². The van der Waals surface area contributed by atoms with Crippen LogP contribution in [0, 0.1) is 13.8 Å². The third-order valence-corrected chi connectivity index (χ3v) is 5.82. The molecular formula is C28H28. The first-order valence-electron chi connectivity index (χ1n) is 10.1. The quantitative estimate of drug-likeness (QED) is 0.337. The maximum atomic E-state index is 2.40. The van der Waals surface area contributed by atoms with Gasteiger partial charge in [0.2, 0.25) is 0 Å². The number of fused-ring (bicyclic) bond motifs is 1. The van der Waals surface area contributed by atoms with E-state index in [1.54, 1.807) is 0 Å². The number of hydrogen-bond acceptors (Lipinski definition) is 0. The van der Waals surface area contributed by atoms with Gasteiger partial charge in [-0.15, -0.1) is 0 Å². The Bertz CT molecular complexity index is 1130. The summed E-state index contributed by atoms with van der Waals surface area (Å²) >= 11 is 0. The summed E-state index contributed by atoms with van der Waals surface area (Å²) in [5.41, 5.74) is 9.49. The van der Waals surface area contributed by atoms with Crippen molar-refractivity contribution in [2.75, 3.05) is 0 Å². The minimum Gasteiger partial charge on any atom is -0.0622 e. The average molecular weight is 365 g/mol. The van der Waals surface area contributed by atoms with Crippen molar-refractivity contribution in [2.24, 2.45) is 0 Å². The summed E-state index contributed by atoms with van der Waals surface area (Å²) in [5, 5.41) is 2.72. The summed E-state index contributed by atoms with van der Waals surface area (Å²) < 4.78 is 0. The molecule has 0 unspecified atom stereocenters. The van der Waals surface area contributed by atoms with E-state index < -0.39 is 0 Å². The van der Waals surface area contributed by atoms with E-state index in [-0.39, 0.29) is 5.41 Å². The highest BCUT2D eigenvalue weighted by atomic mass is 14.2. The van der Waals surface area contributed by atoms with Crippen molar-refractivity contribution >= 4 is 10.8 Å². The summed E-state index contributed by atoms with van der Waals surface area (Å²) in [6.07, 6.45) is 0. The Morgan fingerprint density at radius 3 is 1.46 bits per heavy atom. The maximum absolute atomic E-state index is 2.40. The Morgan fingerprint density at radius 2 is 1.00 bits per heavy atom. The van der Waals surface area contributed by atoms with Gasteiger partial charge in [0.15, 0.2) is 0 Å². The molecule has 0 heterocycles. The van der Waals surface area contributed by atoms with Gasteiger partial charge < -0.3 is 0 Å². The molecule has 4 rings (SSSR count). The lowest BCUT2D eigenvalue weighted by molar-refractivity contribution is 0.591. The van der Waals surface area contributed by atoms with Gasteiger partial charge in [-0.05, 0) is 69.0 Å². The van der Waals surface area contributed by atoms with Crippen molar-refractivity contribution in [3.8, 4) is 22.3 Å². The van der Waals surface area contributed by atoms with Gasteiger partial charge in [-0.3, -0.25) is 0 Å². The molecule has 0 aliphatic carbocycles. The van der Waals surface area contributed by atoms with E-state index in [1.165, 1.54) is 49.7 Å². The van der Waals surface area contributed by atoms with Crippen LogP contribution >= 0.6 is 0 Å². The van der Waals surface area contributed by atoms with Crippen LogP contribution in [0.3, 0.4) is 0 Å². The molecule has 0 saturated heterocycles. The van der Waals surface area contributed by atoms with Crippen LogP contribution in [0.4, 0.5) is 0 Å². The van der Waals surface area contributed by atoms with Gasteiger partial charge in [-0.25, -0.2) is 0 Å². The number of benzene rings is 4. The third-order valence-electron chi connectivity index (χ3n) is 5.82.